The molecule has 0 unspecified atom stereocenters. The third-order valence-corrected chi connectivity index (χ3v) is 4.10. The first-order chi connectivity index (χ1) is 9.15. The van der Waals surface area contributed by atoms with E-state index in [-0.39, 0.29) is 22.9 Å². The lowest BCUT2D eigenvalue weighted by Gasteiger charge is -2.22. The number of carboxylic acids is 1. The van der Waals surface area contributed by atoms with Crippen molar-refractivity contribution in [1.29, 1.82) is 0 Å². The van der Waals surface area contributed by atoms with Crippen molar-refractivity contribution < 1.29 is 18.3 Å². The third-order valence-electron chi connectivity index (χ3n) is 2.65. The second-order valence-corrected chi connectivity index (χ2v) is 6.58. The number of benzene rings is 1. The highest BCUT2D eigenvalue weighted by molar-refractivity contribution is 7.90. The summed E-state index contributed by atoms with van der Waals surface area (Å²) in [6.45, 7) is 4.08. The Morgan fingerprint density at radius 2 is 2.05 bits per heavy atom. The summed E-state index contributed by atoms with van der Waals surface area (Å²) in [6.07, 6.45) is 0. The number of nitrogens with zero attached hydrogens (tertiary/aromatic N) is 1. The van der Waals surface area contributed by atoms with Gasteiger partial charge in [0, 0.05) is 13.6 Å². The molecule has 0 bridgehead atoms. The number of hydrogen-bond acceptors (Lipinski definition) is 4. The summed E-state index contributed by atoms with van der Waals surface area (Å²) in [5, 5.41) is 8.84. The fourth-order valence-electron chi connectivity index (χ4n) is 1.47. The van der Waals surface area contributed by atoms with Crippen LogP contribution in [0.1, 0.15) is 24.2 Å². The van der Waals surface area contributed by atoms with Gasteiger partial charge in [0.05, 0.1) is 16.9 Å². The summed E-state index contributed by atoms with van der Waals surface area (Å²) in [4.78, 5) is 10.8. The molecule has 1 rings (SSSR count). The summed E-state index contributed by atoms with van der Waals surface area (Å²) in [5.74, 6) is -0.948. The minimum absolute atomic E-state index is 0.00666. The molecule has 1 aromatic rings. The molecule has 112 valence electrons. The molecule has 0 aromatic heterocycles. The highest BCUT2D eigenvalue weighted by Gasteiger charge is 2.20. The molecular formula is C12H19N3O4S. The quantitative estimate of drug-likeness (QED) is 0.675. The second-order valence-electron chi connectivity index (χ2n) is 4.79. The highest BCUT2D eigenvalue weighted by Crippen LogP contribution is 2.25. The molecule has 0 aliphatic rings. The van der Waals surface area contributed by atoms with Gasteiger partial charge >= 0.3 is 16.2 Å². The van der Waals surface area contributed by atoms with Crippen LogP contribution in [0.5, 0.6) is 0 Å². The van der Waals surface area contributed by atoms with E-state index >= 15 is 0 Å². The van der Waals surface area contributed by atoms with E-state index in [9.17, 15) is 13.2 Å². The Morgan fingerprint density at radius 3 is 2.50 bits per heavy atom. The standard InChI is InChI=1S/C12H19N3O4S/c1-8(2)7-14-20(18,19)15(3)11-5-4-9(12(16)17)6-10(11)13/h4-6,8,14H,7,13H2,1-3H3,(H,16,17). The van der Waals surface area contributed by atoms with Gasteiger partial charge in [-0.25, -0.2) is 4.79 Å². The predicted octanol–water partition coefficient (Wildman–Crippen LogP) is 0.894. The van der Waals surface area contributed by atoms with Gasteiger partial charge in [-0.2, -0.15) is 13.1 Å². The smallest absolute Gasteiger partial charge is 0.335 e. The number of hydrogen-bond donors (Lipinski definition) is 3. The molecule has 0 saturated heterocycles. The van der Waals surface area contributed by atoms with Crippen LogP contribution in [-0.2, 0) is 10.2 Å². The predicted molar refractivity (Wildman–Crippen MR) is 78.0 cm³/mol. The van der Waals surface area contributed by atoms with Gasteiger partial charge < -0.3 is 10.8 Å². The molecule has 0 radical (unpaired) electrons. The van der Waals surface area contributed by atoms with Crippen molar-refractivity contribution in [1.82, 2.24) is 4.72 Å². The maximum Gasteiger partial charge on any atom is 0.335 e. The maximum absolute atomic E-state index is 12.0. The van der Waals surface area contributed by atoms with Crippen molar-refractivity contribution in [3.05, 3.63) is 23.8 Å². The van der Waals surface area contributed by atoms with Crippen molar-refractivity contribution in [2.75, 3.05) is 23.6 Å². The summed E-state index contributed by atoms with van der Waals surface area (Å²) < 4.78 is 27.5. The fraction of sp³-hybridized carbons (Fsp3) is 0.417. The van der Waals surface area contributed by atoms with Crippen LogP contribution >= 0.6 is 0 Å². The van der Waals surface area contributed by atoms with Gasteiger partial charge in [-0.1, -0.05) is 13.8 Å². The van der Waals surface area contributed by atoms with Crippen molar-refractivity contribution in [3.63, 3.8) is 0 Å². The maximum atomic E-state index is 12.0. The molecule has 0 atom stereocenters. The minimum Gasteiger partial charge on any atom is -0.478 e. The van der Waals surface area contributed by atoms with E-state index < -0.39 is 16.2 Å². The molecule has 20 heavy (non-hydrogen) atoms. The topological polar surface area (TPSA) is 113 Å². The zero-order chi connectivity index (χ0) is 15.5. The Kier molecular flexibility index (Phi) is 4.96. The number of aromatic carboxylic acids is 1. The highest BCUT2D eigenvalue weighted by atomic mass is 32.2. The first-order valence-electron chi connectivity index (χ1n) is 6.01. The number of nitrogens with one attached hydrogen (secondary N) is 1. The lowest BCUT2D eigenvalue weighted by Crippen LogP contribution is -2.40. The SMILES string of the molecule is CC(C)CNS(=O)(=O)N(C)c1ccc(C(=O)O)cc1N. The molecule has 7 nitrogen and oxygen atoms in total. The van der Waals surface area contributed by atoms with Crippen LogP contribution in [0, 0.1) is 5.92 Å². The summed E-state index contributed by atoms with van der Waals surface area (Å²) in [5.41, 5.74) is 6.04. The number of carboxylic acid groups (broad SMARTS) is 1. The Balaban J connectivity index is 3.03. The lowest BCUT2D eigenvalue weighted by molar-refractivity contribution is 0.0697. The molecule has 8 heteroatoms. The minimum atomic E-state index is -3.71. The van der Waals surface area contributed by atoms with E-state index in [2.05, 4.69) is 4.72 Å². The van der Waals surface area contributed by atoms with Crippen LogP contribution in [0.3, 0.4) is 0 Å². The molecule has 1 aromatic carbocycles. The first kappa shape index (κ1) is 16.3. The molecule has 0 aliphatic carbocycles. The van der Waals surface area contributed by atoms with Gasteiger partial charge in [-0.3, -0.25) is 4.31 Å². The van der Waals surface area contributed by atoms with Crippen LogP contribution in [0.4, 0.5) is 11.4 Å². The van der Waals surface area contributed by atoms with Gasteiger partial charge in [0.25, 0.3) is 0 Å². The number of nitrogens with two attached hydrogens (primary N) is 1. The lowest BCUT2D eigenvalue weighted by atomic mass is 10.2. The number of anilines is 2. The zero-order valence-corrected chi connectivity index (χ0v) is 12.4. The van der Waals surface area contributed by atoms with Crippen LogP contribution in [0.2, 0.25) is 0 Å². The molecule has 0 fully saturated rings. The number of nitrogen functional groups attached to an aromatic ring is 1. The van der Waals surface area contributed by atoms with E-state index in [0.717, 1.165) is 4.31 Å². The summed E-state index contributed by atoms with van der Waals surface area (Å²) >= 11 is 0. The van der Waals surface area contributed by atoms with Crippen LogP contribution in [0.25, 0.3) is 0 Å². The van der Waals surface area contributed by atoms with Gasteiger partial charge in [0.2, 0.25) is 0 Å². The second kappa shape index (κ2) is 6.10. The van der Waals surface area contributed by atoms with Crippen LogP contribution in [-0.4, -0.2) is 33.1 Å². The number of rotatable bonds is 6. The van der Waals surface area contributed by atoms with Gasteiger partial charge in [-0.05, 0) is 24.1 Å². The van der Waals surface area contributed by atoms with E-state index in [0.29, 0.717) is 6.54 Å². The van der Waals surface area contributed by atoms with E-state index in [1.807, 2.05) is 13.8 Å². The van der Waals surface area contributed by atoms with E-state index in [1.54, 1.807) is 0 Å². The van der Waals surface area contributed by atoms with Crippen LogP contribution in [0.15, 0.2) is 18.2 Å². The first-order valence-corrected chi connectivity index (χ1v) is 7.45. The molecule has 0 aliphatic heterocycles. The molecule has 0 spiro atoms. The Morgan fingerprint density at radius 1 is 1.45 bits per heavy atom. The molecule has 4 N–H and O–H groups in total. The largest absolute Gasteiger partial charge is 0.478 e. The monoisotopic (exact) mass is 301 g/mol. The Bertz CT molecular complexity index is 599. The Hall–Kier alpha value is -1.80. The summed E-state index contributed by atoms with van der Waals surface area (Å²) in [7, 11) is -2.35. The third kappa shape index (κ3) is 3.84. The van der Waals surface area contributed by atoms with E-state index in [4.69, 9.17) is 10.8 Å². The van der Waals surface area contributed by atoms with E-state index in [1.165, 1.54) is 25.2 Å². The van der Waals surface area contributed by atoms with Gasteiger partial charge in [0.1, 0.15) is 0 Å². The van der Waals surface area contributed by atoms with Crippen molar-refractivity contribution >= 4 is 27.6 Å². The van der Waals surface area contributed by atoms with Crippen molar-refractivity contribution in [3.8, 4) is 0 Å². The molecule has 0 amide bonds. The zero-order valence-electron chi connectivity index (χ0n) is 11.6. The van der Waals surface area contributed by atoms with Gasteiger partial charge in [-0.15, -0.1) is 0 Å². The summed E-state index contributed by atoms with van der Waals surface area (Å²) in [6, 6.07) is 3.90. The van der Waals surface area contributed by atoms with Crippen molar-refractivity contribution in [2.24, 2.45) is 5.92 Å². The van der Waals surface area contributed by atoms with Crippen LogP contribution < -0.4 is 14.8 Å². The van der Waals surface area contributed by atoms with Crippen molar-refractivity contribution in [2.45, 2.75) is 13.8 Å². The molecule has 0 saturated carbocycles. The fourth-order valence-corrected chi connectivity index (χ4v) is 2.64. The molecule has 0 heterocycles. The average Bonchev–Trinajstić information content (AvgIpc) is 2.35. The van der Waals surface area contributed by atoms with Gasteiger partial charge in [0.15, 0.2) is 0 Å². The Labute approximate surface area is 118 Å². The average molecular weight is 301 g/mol. The normalized spacial score (nSPS) is 11.6. The molecular weight excluding hydrogens is 282 g/mol. The number of carbonyl (C=O) groups is 1.